The Labute approximate surface area is 149 Å². The van der Waals surface area contributed by atoms with Crippen LogP contribution in [0.25, 0.3) is 0 Å². The van der Waals surface area contributed by atoms with Crippen molar-refractivity contribution in [2.45, 2.75) is 31.7 Å². The molecule has 1 saturated carbocycles. The third-order valence-corrected chi connectivity index (χ3v) is 4.33. The number of H-pyrrole nitrogens is 1. The van der Waals surface area contributed by atoms with Gasteiger partial charge < -0.3 is 9.64 Å². The number of nitrogens with zero attached hydrogens (tertiary/aromatic N) is 2. The topological polar surface area (TPSA) is 75.3 Å². The standard InChI is InChI=1S/C18H19F2N3O3/c1-26-16(24)7-8-23(10-12-3-2-4-13(19)17(12)20)18(25)15-9-14(21-22-15)11-5-6-11/h2-4,9,11H,5-8,10H2,1H3,(H,21,22). The Hall–Kier alpha value is -2.77. The summed E-state index contributed by atoms with van der Waals surface area (Å²) in [6.07, 6.45) is 2.05. The molecule has 1 heterocycles. The maximum absolute atomic E-state index is 14.0. The summed E-state index contributed by atoms with van der Waals surface area (Å²) >= 11 is 0. The van der Waals surface area contributed by atoms with Gasteiger partial charge in [0.1, 0.15) is 5.69 Å². The number of hydrogen-bond donors (Lipinski definition) is 1. The molecule has 1 aromatic carbocycles. The van der Waals surface area contributed by atoms with Crippen LogP contribution in [0.1, 0.15) is 46.9 Å². The van der Waals surface area contributed by atoms with Crippen LogP contribution in [0.5, 0.6) is 0 Å². The molecule has 0 atom stereocenters. The lowest BCUT2D eigenvalue weighted by Crippen LogP contribution is -2.33. The highest BCUT2D eigenvalue weighted by Gasteiger charge is 2.28. The number of esters is 1. The van der Waals surface area contributed by atoms with E-state index in [4.69, 9.17) is 0 Å². The van der Waals surface area contributed by atoms with Crippen LogP contribution in [0.3, 0.4) is 0 Å². The zero-order valence-corrected chi connectivity index (χ0v) is 14.3. The van der Waals surface area contributed by atoms with Crippen molar-refractivity contribution in [1.82, 2.24) is 15.1 Å². The fraction of sp³-hybridized carbons (Fsp3) is 0.389. The number of hydrogen-bond acceptors (Lipinski definition) is 4. The number of aromatic nitrogens is 2. The highest BCUT2D eigenvalue weighted by atomic mass is 19.2. The number of carbonyl (C=O) groups excluding carboxylic acids is 2. The number of ether oxygens (including phenoxy) is 1. The lowest BCUT2D eigenvalue weighted by atomic mass is 10.1. The summed E-state index contributed by atoms with van der Waals surface area (Å²) in [6.45, 7) is -0.169. The van der Waals surface area contributed by atoms with Crippen LogP contribution in [0.15, 0.2) is 24.3 Å². The Morgan fingerprint density at radius 1 is 1.35 bits per heavy atom. The maximum Gasteiger partial charge on any atom is 0.307 e. The molecule has 6 nitrogen and oxygen atoms in total. The molecule has 8 heteroatoms. The van der Waals surface area contributed by atoms with E-state index in [0.29, 0.717) is 5.92 Å². The molecule has 0 spiro atoms. The van der Waals surface area contributed by atoms with Crippen molar-refractivity contribution in [2.75, 3.05) is 13.7 Å². The Balaban J connectivity index is 1.80. The Morgan fingerprint density at radius 3 is 2.81 bits per heavy atom. The quantitative estimate of drug-likeness (QED) is 0.768. The number of benzene rings is 1. The largest absolute Gasteiger partial charge is 0.469 e. The molecule has 0 bridgehead atoms. The first kappa shape index (κ1) is 18.0. The number of aromatic amines is 1. The molecule has 1 aromatic heterocycles. The van der Waals surface area contributed by atoms with Gasteiger partial charge in [0.25, 0.3) is 5.91 Å². The highest BCUT2D eigenvalue weighted by Crippen LogP contribution is 2.39. The van der Waals surface area contributed by atoms with E-state index in [1.54, 1.807) is 6.07 Å². The normalized spacial score (nSPS) is 13.5. The van der Waals surface area contributed by atoms with Crippen molar-refractivity contribution in [1.29, 1.82) is 0 Å². The zero-order valence-electron chi connectivity index (χ0n) is 14.3. The summed E-state index contributed by atoms with van der Waals surface area (Å²) in [7, 11) is 1.25. The van der Waals surface area contributed by atoms with E-state index in [-0.39, 0.29) is 30.8 Å². The first-order valence-corrected chi connectivity index (χ1v) is 8.34. The highest BCUT2D eigenvalue weighted by molar-refractivity contribution is 5.92. The smallest absolute Gasteiger partial charge is 0.307 e. The van der Waals surface area contributed by atoms with E-state index in [9.17, 15) is 18.4 Å². The zero-order chi connectivity index (χ0) is 18.7. The van der Waals surface area contributed by atoms with Gasteiger partial charge >= 0.3 is 5.97 Å². The van der Waals surface area contributed by atoms with Crippen LogP contribution in [0, 0.1) is 11.6 Å². The molecule has 1 aliphatic carbocycles. The molecule has 1 amide bonds. The van der Waals surface area contributed by atoms with Gasteiger partial charge in [-0.3, -0.25) is 14.7 Å². The third kappa shape index (κ3) is 4.07. The van der Waals surface area contributed by atoms with E-state index >= 15 is 0 Å². The molecule has 3 rings (SSSR count). The predicted molar refractivity (Wildman–Crippen MR) is 88.3 cm³/mol. The summed E-state index contributed by atoms with van der Waals surface area (Å²) in [5.41, 5.74) is 1.10. The SMILES string of the molecule is COC(=O)CCN(Cc1cccc(F)c1F)C(=O)c1cc(C2CC2)[nH]n1. The monoisotopic (exact) mass is 363 g/mol. The number of halogens is 2. The molecule has 138 valence electrons. The third-order valence-electron chi connectivity index (χ3n) is 4.33. The maximum atomic E-state index is 14.0. The van der Waals surface area contributed by atoms with Gasteiger partial charge in [-0.25, -0.2) is 8.78 Å². The van der Waals surface area contributed by atoms with Gasteiger partial charge in [-0.15, -0.1) is 0 Å². The molecular weight excluding hydrogens is 344 g/mol. The van der Waals surface area contributed by atoms with Gasteiger partial charge in [0.05, 0.1) is 13.5 Å². The average Bonchev–Trinajstić information content (AvgIpc) is 3.38. The molecule has 1 N–H and O–H groups in total. The van der Waals surface area contributed by atoms with Gasteiger partial charge in [0.15, 0.2) is 11.6 Å². The molecule has 1 aliphatic rings. The van der Waals surface area contributed by atoms with Crippen LogP contribution in [0.2, 0.25) is 0 Å². The minimum Gasteiger partial charge on any atom is -0.469 e. The van der Waals surface area contributed by atoms with Crippen LogP contribution in [0.4, 0.5) is 8.78 Å². The molecular formula is C18H19F2N3O3. The molecule has 0 saturated heterocycles. The van der Waals surface area contributed by atoms with Gasteiger partial charge in [-0.2, -0.15) is 5.10 Å². The number of methoxy groups -OCH3 is 1. The lowest BCUT2D eigenvalue weighted by molar-refractivity contribution is -0.140. The summed E-state index contributed by atoms with van der Waals surface area (Å²) < 4.78 is 32.0. The Morgan fingerprint density at radius 2 is 2.12 bits per heavy atom. The first-order valence-electron chi connectivity index (χ1n) is 8.34. The van der Waals surface area contributed by atoms with Crippen molar-refractivity contribution >= 4 is 11.9 Å². The van der Waals surface area contributed by atoms with Crippen molar-refractivity contribution in [3.8, 4) is 0 Å². The van der Waals surface area contributed by atoms with Crippen molar-refractivity contribution in [3.05, 3.63) is 52.9 Å². The molecule has 0 unspecified atom stereocenters. The Bertz CT molecular complexity index is 818. The number of amides is 1. The number of rotatable bonds is 7. The van der Waals surface area contributed by atoms with E-state index in [1.165, 1.54) is 24.1 Å². The van der Waals surface area contributed by atoms with Crippen molar-refractivity contribution in [2.24, 2.45) is 0 Å². The van der Waals surface area contributed by atoms with Gasteiger partial charge in [0, 0.05) is 30.3 Å². The minimum absolute atomic E-state index is 0.00703. The minimum atomic E-state index is -1.01. The van der Waals surface area contributed by atoms with Crippen molar-refractivity contribution < 1.29 is 23.1 Å². The average molecular weight is 363 g/mol. The van der Waals surface area contributed by atoms with E-state index in [1.807, 2.05) is 0 Å². The van der Waals surface area contributed by atoms with Crippen LogP contribution in [-0.2, 0) is 16.1 Å². The number of nitrogens with one attached hydrogen (secondary N) is 1. The van der Waals surface area contributed by atoms with Crippen LogP contribution < -0.4 is 0 Å². The fourth-order valence-electron chi connectivity index (χ4n) is 2.67. The van der Waals surface area contributed by atoms with E-state index in [0.717, 1.165) is 24.6 Å². The first-order chi connectivity index (χ1) is 12.5. The Kier molecular flexibility index (Phi) is 5.29. The molecule has 1 fully saturated rings. The summed E-state index contributed by atoms with van der Waals surface area (Å²) in [5, 5.41) is 6.87. The molecule has 26 heavy (non-hydrogen) atoms. The second kappa shape index (κ2) is 7.63. The van der Waals surface area contributed by atoms with Gasteiger partial charge in [-0.05, 0) is 25.0 Å². The van der Waals surface area contributed by atoms with Crippen LogP contribution >= 0.6 is 0 Å². The summed E-state index contributed by atoms with van der Waals surface area (Å²) in [5.74, 6) is -2.56. The number of carbonyl (C=O) groups is 2. The lowest BCUT2D eigenvalue weighted by Gasteiger charge is -2.21. The second-order valence-electron chi connectivity index (χ2n) is 6.25. The van der Waals surface area contributed by atoms with E-state index < -0.39 is 23.5 Å². The van der Waals surface area contributed by atoms with E-state index in [2.05, 4.69) is 14.9 Å². The second-order valence-corrected chi connectivity index (χ2v) is 6.25. The molecule has 0 aliphatic heterocycles. The van der Waals surface area contributed by atoms with Gasteiger partial charge in [0.2, 0.25) is 0 Å². The van der Waals surface area contributed by atoms with Crippen molar-refractivity contribution in [3.63, 3.8) is 0 Å². The summed E-state index contributed by atoms with van der Waals surface area (Å²) in [6, 6.07) is 5.45. The predicted octanol–water partition coefficient (Wildman–Crippen LogP) is 2.77. The molecule has 2 aromatic rings. The molecule has 0 radical (unpaired) electrons. The van der Waals surface area contributed by atoms with Gasteiger partial charge in [-0.1, -0.05) is 12.1 Å². The fourth-order valence-corrected chi connectivity index (χ4v) is 2.67. The summed E-state index contributed by atoms with van der Waals surface area (Å²) in [4.78, 5) is 25.5. The van der Waals surface area contributed by atoms with Crippen LogP contribution in [-0.4, -0.2) is 40.6 Å².